The highest BCUT2D eigenvalue weighted by molar-refractivity contribution is 7.91. The molecule has 1 unspecified atom stereocenters. The Kier molecular flexibility index (Phi) is 2.74. The summed E-state index contributed by atoms with van der Waals surface area (Å²) in [6.07, 6.45) is 2.45. The van der Waals surface area contributed by atoms with Gasteiger partial charge in [-0.15, -0.1) is 5.10 Å². The van der Waals surface area contributed by atoms with Crippen LogP contribution in [0.4, 0.5) is 0 Å². The molecule has 15 heavy (non-hydrogen) atoms. The Morgan fingerprint density at radius 1 is 1.67 bits per heavy atom. The first kappa shape index (κ1) is 10.6. The highest BCUT2D eigenvalue weighted by Crippen LogP contribution is 2.22. The fourth-order valence-electron chi connectivity index (χ4n) is 1.74. The van der Waals surface area contributed by atoms with Crippen molar-refractivity contribution in [1.29, 1.82) is 0 Å². The van der Waals surface area contributed by atoms with Gasteiger partial charge in [-0.2, -0.15) is 0 Å². The van der Waals surface area contributed by atoms with Crippen molar-refractivity contribution in [2.75, 3.05) is 18.6 Å². The Morgan fingerprint density at radius 3 is 3.07 bits per heavy atom. The molecule has 0 bridgehead atoms. The van der Waals surface area contributed by atoms with Crippen molar-refractivity contribution >= 4 is 9.84 Å². The molecule has 0 aromatic carbocycles. The summed E-state index contributed by atoms with van der Waals surface area (Å²) in [5.41, 5.74) is 0.835. The number of nitrogens with one attached hydrogen (secondary N) is 1. The molecule has 6 nitrogen and oxygen atoms in total. The van der Waals surface area contributed by atoms with Crippen LogP contribution < -0.4 is 5.32 Å². The highest BCUT2D eigenvalue weighted by Gasteiger charge is 2.29. The predicted molar refractivity (Wildman–Crippen MR) is 55.1 cm³/mol. The molecule has 1 aliphatic rings. The number of nitrogens with zero attached hydrogens (tertiary/aromatic N) is 3. The lowest BCUT2D eigenvalue weighted by molar-refractivity contribution is 0.484. The minimum Gasteiger partial charge on any atom is -0.314 e. The van der Waals surface area contributed by atoms with Gasteiger partial charge in [0.15, 0.2) is 9.84 Å². The predicted octanol–water partition coefficient (Wildman–Crippen LogP) is -0.643. The minimum atomic E-state index is -2.85. The van der Waals surface area contributed by atoms with Gasteiger partial charge in [-0.3, -0.25) is 0 Å². The topological polar surface area (TPSA) is 76.9 Å². The lowest BCUT2D eigenvalue weighted by atomic mass is 10.3. The summed E-state index contributed by atoms with van der Waals surface area (Å²) in [7, 11) is -1.02. The molecular weight excluding hydrogens is 216 g/mol. The Morgan fingerprint density at radius 2 is 2.47 bits per heavy atom. The van der Waals surface area contributed by atoms with Crippen LogP contribution in [0.1, 0.15) is 18.2 Å². The molecule has 1 fully saturated rings. The van der Waals surface area contributed by atoms with Crippen molar-refractivity contribution in [3.63, 3.8) is 0 Å². The van der Waals surface area contributed by atoms with Crippen LogP contribution >= 0.6 is 0 Å². The first-order chi connectivity index (χ1) is 7.11. The third-order valence-corrected chi connectivity index (χ3v) is 4.25. The lowest BCUT2D eigenvalue weighted by Gasteiger charge is -2.05. The van der Waals surface area contributed by atoms with Crippen molar-refractivity contribution in [3.05, 3.63) is 11.9 Å². The van der Waals surface area contributed by atoms with Crippen LogP contribution in [-0.4, -0.2) is 42.0 Å². The maximum absolute atomic E-state index is 11.3. The van der Waals surface area contributed by atoms with Gasteiger partial charge in [0.2, 0.25) is 0 Å². The molecule has 0 amide bonds. The van der Waals surface area contributed by atoms with E-state index in [1.165, 1.54) is 0 Å². The van der Waals surface area contributed by atoms with Gasteiger partial charge in [-0.25, -0.2) is 13.1 Å². The molecule has 1 saturated heterocycles. The zero-order chi connectivity index (χ0) is 10.9. The Balaban J connectivity index is 2.10. The molecule has 2 rings (SSSR count). The van der Waals surface area contributed by atoms with E-state index in [4.69, 9.17) is 0 Å². The fourth-order valence-corrected chi connectivity index (χ4v) is 3.44. The zero-order valence-electron chi connectivity index (χ0n) is 8.55. The van der Waals surface area contributed by atoms with Crippen LogP contribution in [0.2, 0.25) is 0 Å². The van der Waals surface area contributed by atoms with Crippen molar-refractivity contribution < 1.29 is 8.42 Å². The van der Waals surface area contributed by atoms with Crippen LogP contribution in [0, 0.1) is 0 Å². The van der Waals surface area contributed by atoms with Gasteiger partial charge in [0.05, 0.1) is 29.4 Å². The second-order valence-corrected chi connectivity index (χ2v) is 6.01. The van der Waals surface area contributed by atoms with Gasteiger partial charge in [-0.05, 0) is 13.5 Å². The van der Waals surface area contributed by atoms with E-state index in [1.807, 2.05) is 13.2 Å². The smallest absolute Gasteiger partial charge is 0.152 e. The van der Waals surface area contributed by atoms with Crippen LogP contribution in [0.5, 0.6) is 0 Å². The van der Waals surface area contributed by atoms with Crippen LogP contribution in [0.3, 0.4) is 0 Å². The van der Waals surface area contributed by atoms with E-state index in [1.54, 1.807) is 4.68 Å². The lowest BCUT2D eigenvalue weighted by Crippen LogP contribution is -2.11. The standard InChI is InChI=1S/C8H14N4O2S/c1-9-4-7-5-12(11-10-7)8-2-3-15(13,14)6-8/h5,8-9H,2-4,6H2,1H3. The third kappa shape index (κ3) is 2.35. The molecule has 1 aromatic heterocycles. The Bertz CT molecular complexity index is 439. The molecule has 0 saturated carbocycles. The number of hydrogen-bond acceptors (Lipinski definition) is 5. The van der Waals surface area contributed by atoms with Crippen molar-refractivity contribution in [1.82, 2.24) is 20.3 Å². The summed E-state index contributed by atoms with van der Waals surface area (Å²) < 4.78 is 24.2. The molecule has 1 atom stereocenters. The number of rotatable bonds is 3. The quantitative estimate of drug-likeness (QED) is 0.747. The maximum atomic E-state index is 11.3. The normalized spacial score (nSPS) is 24.5. The number of sulfone groups is 1. The fraction of sp³-hybridized carbons (Fsp3) is 0.750. The summed E-state index contributed by atoms with van der Waals surface area (Å²) >= 11 is 0. The molecule has 2 heterocycles. The van der Waals surface area contributed by atoms with Gasteiger partial charge in [0, 0.05) is 6.54 Å². The monoisotopic (exact) mass is 230 g/mol. The average Bonchev–Trinajstić information content (AvgIpc) is 2.73. The molecular formula is C8H14N4O2S. The molecule has 1 aromatic rings. The van der Waals surface area contributed by atoms with E-state index in [9.17, 15) is 8.42 Å². The van der Waals surface area contributed by atoms with E-state index in [0.717, 1.165) is 5.69 Å². The second kappa shape index (κ2) is 3.90. The van der Waals surface area contributed by atoms with Crippen LogP contribution in [0.25, 0.3) is 0 Å². The zero-order valence-corrected chi connectivity index (χ0v) is 9.37. The number of hydrogen-bond donors (Lipinski definition) is 1. The van der Waals surface area contributed by atoms with Gasteiger partial charge in [0.25, 0.3) is 0 Å². The summed E-state index contributed by atoms with van der Waals surface area (Å²) in [4.78, 5) is 0. The van der Waals surface area contributed by atoms with E-state index in [0.29, 0.717) is 13.0 Å². The summed E-state index contributed by atoms with van der Waals surface area (Å²) in [5, 5.41) is 10.9. The average molecular weight is 230 g/mol. The minimum absolute atomic E-state index is 0.0342. The van der Waals surface area contributed by atoms with E-state index in [2.05, 4.69) is 15.6 Å². The molecule has 84 valence electrons. The van der Waals surface area contributed by atoms with Gasteiger partial charge < -0.3 is 5.32 Å². The Hall–Kier alpha value is -0.950. The molecule has 1 N–H and O–H groups in total. The number of aromatic nitrogens is 3. The van der Waals surface area contributed by atoms with Gasteiger partial charge >= 0.3 is 0 Å². The van der Waals surface area contributed by atoms with E-state index < -0.39 is 9.84 Å². The summed E-state index contributed by atoms with van der Waals surface area (Å²) in [5.74, 6) is 0.453. The first-order valence-electron chi connectivity index (χ1n) is 4.86. The van der Waals surface area contributed by atoms with E-state index >= 15 is 0 Å². The van der Waals surface area contributed by atoms with Crippen molar-refractivity contribution in [2.24, 2.45) is 0 Å². The van der Waals surface area contributed by atoms with E-state index in [-0.39, 0.29) is 17.5 Å². The van der Waals surface area contributed by atoms with Crippen LogP contribution in [-0.2, 0) is 16.4 Å². The molecule has 0 spiro atoms. The summed E-state index contributed by atoms with van der Waals surface area (Å²) in [6, 6.07) is -0.0342. The Labute approximate surface area is 88.6 Å². The van der Waals surface area contributed by atoms with Gasteiger partial charge in [-0.1, -0.05) is 5.21 Å². The maximum Gasteiger partial charge on any atom is 0.152 e. The SMILES string of the molecule is CNCc1cn(C2CCS(=O)(=O)C2)nn1. The molecule has 1 aliphatic heterocycles. The first-order valence-corrected chi connectivity index (χ1v) is 6.68. The van der Waals surface area contributed by atoms with Crippen LogP contribution in [0.15, 0.2) is 6.20 Å². The molecule has 7 heteroatoms. The molecule has 0 aliphatic carbocycles. The van der Waals surface area contributed by atoms with Crippen molar-refractivity contribution in [2.45, 2.75) is 19.0 Å². The third-order valence-electron chi connectivity index (χ3n) is 2.50. The summed E-state index contributed by atoms with van der Waals surface area (Å²) in [6.45, 7) is 0.652. The molecule has 0 radical (unpaired) electrons. The van der Waals surface area contributed by atoms with Gasteiger partial charge in [0.1, 0.15) is 0 Å². The second-order valence-electron chi connectivity index (χ2n) is 3.78. The van der Waals surface area contributed by atoms with Crippen molar-refractivity contribution in [3.8, 4) is 0 Å². The largest absolute Gasteiger partial charge is 0.314 e. The highest BCUT2D eigenvalue weighted by atomic mass is 32.2.